The van der Waals surface area contributed by atoms with Crippen molar-refractivity contribution in [2.24, 2.45) is 0 Å². The predicted octanol–water partition coefficient (Wildman–Crippen LogP) is 0.797. The highest BCUT2D eigenvalue weighted by Crippen LogP contribution is 2.16. The van der Waals surface area contributed by atoms with E-state index in [4.69, 9.17) is 9.63 Å². The van der Waals surface area contributed by atoms with Crippen molar-refractivity contribution in [2.75, 3.05) is 5.75 Å². The van der Waals surface area contributed by atoms with Gasteiger partial charge in [-0.05, 0) is 0 Å². The number of carbonyl (C=O) groups is 1. The van der Waals surface area contributed by atoms with E-state index in [2.05, 4.69) is 5.16 Å². The van der Waals surface area contributed by atoms with E-state index < -0.39 is 27.3 Å². The summed E-state index contributed by atoms with van der Waals surface area (Å²) in [7, 11) is -3.67. The fourth-order valence-corrected chi connectivity index (χ4v) is 2.20. The Morgan fingerprint density at radius 1 is 1.56 bits per heavy atom. The van der Waals surface area contributed by atoms with Gasteiger partial charge in [0.2, 0.25) is 0 Å². The van der Waals surface area contributed by atoms with Crippen molar-refractivity contribution < 1.29 is 22.8 Å². The topological polar surface area (TPSA) is 97.5 Å². The molecule has 0 spiro atoms. The molecule has 0 bridgehead atoms. The average molecular weight is 247 g/mol. The van der Waals surface area contributed by atoms with Crippen molar-refractivity contribution in [1.29, 1.82) is 0 Å². The number of carboxylic acid groups (broad SMARTS) is 1. The molecule has 7 heteroatoms. The van der Waals surface area contributed by atoms with Gasteiger partial charge >= 0.3 is 5.97 Å². The number of nitrogens with zero attached hydrogens (tertiary/aromatic N) is 1. The van der Waals surface area contributed by atoms with Gasteiger partial charge in [-0.1, -0.05) is 19.0 Å². The Balaban J connectivity index is 2.76. The van der Waals surface area contributed by atoms with Crippen LogP contribution in [0.15, 0.2) is 10.6 Å². The molecule has 16 heavy (non-hydrogen) atoms. The van der Waals surface area contributed by atoms with Gasteiger partial charge in [-0.15, -0.1) is 0 Å². The van der Waals surface area contributed by atoms with Crippen LogP contribution in [-0.4, -0.2) is 30.4 Å². The van der Waals surface area contributed by atoms with Crippen LogP contribution in [0.2, 0.25) is 0 Å². The van der Waals surface area contributed by atoms with Gasteiger partial charge in [-0.3, -0.25) is 4.79 Å². The van der Waals surface area contributed by atoms with Crippen LogP contribution in [0.25, 0.3) is 0 Å². The third-order valence-electron chi connectivity index (χ3n) is 1.86. The molecule has 0 aliphatic carbocycles. The lowest BCUT2D eigenvalue weighted by atomic mass is 10.1. The van der Waals surface area contributed by atoms with Gasteiger partial charge in [0.05, 0.1) is 11.4 Å². The van der Waals surface area contributed by atoms with E-state index in [9.17, 15) is 13.2 Å². The summed E-state index contributed by atoms with van der Waals surface area (Å²) in [6.45, 7) is 3.77. The molecule has 0 unspecified atom stereocenters. The van der Waals surface area contributed by atoms with Crippen LogP contribution in [0.4, 0.5) is 0 Å². The first-order chi connectivity index (χ1) is 7.30. The number of sulfone groups is 1. The van der Waals surface area contributed by atoms with Crippen molar-refractivity contribution in [1.82, 2.24) is 5.16 Å². The van der Waals surface area contributed by atoms with Crippen LogP contribution in [-0.2, 0) is 20.4 Å². The largest absolute Gasteiger partial charge is 0.480 e. The number of aromatic nitrogens is 1. The van der Waals surface area contributed by atoms with E-state index in [1.165, 1.54) is 6.07 Å². The van der Waals surface area contributed by atoms with Gasteiger partial charge in [0, 0.05) is 12.0 Å². The zero-order chi connectivity index (χ0) is 12.3. The van der Waals surface area contributed by atoms with E-state index in [1.54, 1.807) is 0 Å². The monoisotopic (exact) mass is 247 g/mol. The first-order valence-corrected chi connectivity index (χ1v) is 6.50. The summed E-state index contributed by atoms with van der Waals surface area (Å²) in [5.74, 6) is -1.97. The maximum absolute atomic E-state index is 11.3. The number of carboxylic acids is 1. The maximum Gasteiger partial charge on any atom is 0.318 e. The highest BCUT2D eigenvalue weighted by Gasteiger charge is 2.19. The summed E-state index contributed by atoms with van der Waals surface area (Å²) in [4.78, 5) is 10.3. The first-order valence-electron chi connectivity index (χ1n) is 4.68. The lowest BCUT2D eigenvalue weighted by Crippen LogP contribution is -2.17. The zero-order valence-corrected chi connectivity index (χ0v) is 9.82. The van der Waals surface area contributed by atoms with E-state index in [0.717, 1.165) is 0 Å². The third-order valence-corrected chi connectivity index (χ3v) is 3.28. The minimum Gasteiger partial charge on any atom is -0.480 e. The second-order valence-corrected chi connectivity index (χ2v) is 5.87. The van der Waals surface area contributed by atoms with Crippen LogP contribution in [0.5, 0.6) is 0 Å². The van der Waals surface area contributed by atoms with E-state index in [0.29, 0.717) is 5.76 Å². The molecule has 0 atom stereocenters. The van der Waals surface area contributed by atoms with Crippen LogP contribution in [0.1, 0.15) is 31.2 Å². The molecule has 0 fully saturated rings. The quantitative estimate of drug-likeness (QED) is 0.826. The molecular weight excluding hydrogens is 234 g/mol. The molecule has 1 aromatic heterocycles. The predicted molar refractivity (Wildman–Crippen MR) is 55.7 cm³/mol. The van der Waals surface area contributed by atoms with Gasteiger partial charge in [-0.25, -0.2) is 8.42 Å². The first kappa shape index (κ1) is 12.7. The Hall–Kier alpha value is -1.37. The molecule has 0 saturated carbocycles. The number of aliphatic carboxylic acids is 1. The van der Waals surface area contributed by atoms with Crippen molar-refractivity contribution in [3.8, 4) is 0 Å². The fraction of sp³-hybridized carbons (Fsp3) is 0.556. The van der Waals surface area contributed by atoms with Crippen molar-refractivity contribution in [2.45, 2.75) is 25.5 Å². The summed E-state index contributed by atoms with van der Waals surface area (Å²) >= 11 is 0. The minimum atomic E-state index is -3.67. The van der Waals surface area contributed by atoms with Gasteiger partial charge in [0.1, 0.15) is 11.5 Å². The second kappa shape index (κ2) is 4.65. The molecule has 0 aliphatic rings. The zero-order valence-electron chi connectivity index (χ0n) is 9.00. The summed E-state index contributed by atoms with van der Waals surface area (Å²) in [5.41, 5.74) is 0.241. The Kier molecular flexibility index (Phi) is 3.69. The van der Waals surface area contributed by atoms with Gasteiger partial charge < -0.3 is 9.63 Å². The maximum atomic E-state index is 11.3. The number of hydrogen-bond donors (Lipinski definition) is 1. The molecule has 0 aliphatic heterocycles. The molecule has 1 rings (SSSR count). The lowest BCUT2D eigenvalue weighted by molar-refractivity contribution is -0.134. The molecule has 0 saturated heterocycles. The van der Waals surface area contributed by atoms with E-state index in [-0.39, 0.29) is 11.6 Å². The average Bonchev–Trinajstić information content (AvgIpc) is 2.48. The fourth-order valence-electron chi connectivity index (χ4n) is 1.13. The molecule has 1 heterocycles. The Bertz CT molecular complexity index is 474. The van der Waals surface area contributed by atoms with Crippen LogP contribution < -0.4 is 0 Å². The van der Waals surface area contributed by atoms with E-state index >= 15 is 0 Å². The molecule has 90 valence electrons. The molecule has 0 amide bonds. The summed E-state index contributed by atoms with van der Waals surface area (Å²) < 4.78 is 27.6. The molecular formula is C9H13NO5S. The molecule has 6 nitrogen and oxygen atoms in total. The SMILES string of the molecule is CC(C)c1cc(CS(=O)(=O)CC(=O)O)no1. The van der Waals surface area contributed by atoms with Crippen LogP contribution in [0.3, 0.4) is 0 Å². The normalized spacial score (nSPS) is 11.9. The van der Waals surface area contributed by atoms with Gasteiger partial charge in [0.25, 0.3) is 0 Å². The summed E-state index contributed by atoms with van der Waals surface area (Å²) in [5, 5.41) is 12.0. The van der Waals surface area contributed by atoms with Crippen molar-refractivity contribution >= 4 is 15.8 Å². The summed E-state index contributed by atoms with van der Waals surface area (Å²) in [6.07, 6.45) is 0. The number of rotatable bonds is 5. The van der Waals surface area contributed by atoms with Gasteiger partial charge in [0.15, 0.2) is 9.84 Å². The molecule has 1 N–H and O–H groups in total. The van der Waals surface area contributed by atoms with Gasteiger partial charge in [-0.2, -0.15) is 0 Å². The molecule has 1 aromatic rings. The Labute approximate surface area is 93.2 Å². The van der Waals surface area contributed by atoms with Crippen molar-refractivity contribution in [3.05, 3.63) is 17.5 Å². The number of hydrogen-bond acceptors (Lipinski definition) is 5. The Morgan fingerprint density at radius 2 is 2.19 bits per heavy atom. The minimum absolute atomic E-state index is 0.114. The Morgan fingerprint density at radius 3 is 2.62 bits per heavy atom. The van der Waals surface area contributed by atoms with Crippen molar-refractivity contribution in [3.63, 3.8) is 0 Å². The molecule has 0 radical (unpaired) electrons. The smallest absolute Gasteiger partial charge is 0.318 e. The van der Waals surface area contributed by atoms with Crippen LogP contribution >= 0.6 is 0 Å². The summed E-state index contributed by atoms with van der Waals surface area (Å²) in [6, 6.07) is 1.53. The second-order valence-electron chi connectivity index (χ2n) is 3.80. The third kappa shape index (κ3) is 3.65. The van der Waals surface area contributed by atoms with Crippen LogP contribution in [0, 0.1) is 0 Å². The highest BCUT2D eigenvalue weighted by molar-refractivity contribution is 7.91. The standard InChI is InChI=1S/C9H13NO5S/c1-6(2)8-3-7(10-15-8)4-16(13,14)5-9(11)12/h3,6H,4-5H2,1-2H3,(H,11,12). The highest BCUT2D eigenvalue weighted by atomic mass is 32.2. The van der Waals surface area contributed by atoms with E-state index in [1.807, 2.05) is 13.8 Å². The molecule has 0 aromatic carbocycles. The lowest BCUT2D eigenvalue weighted by Gasteiger charge is -1.96.